The highest BCUT2D eigenvalue weighted by molar-refractivity contribution is 5.90. The quantitative estimate of drug-likeness (QED) is 0.746. The molecule has 3 rings (SSSR count). The minimum Gasteiger partial charge on any atom is -0.322 e. The summed E-state index contributed by atoms with van der Waals surface area (Å²) in [5, 5.41) is 13.8. The Morgan fingerprint density at radius 1 is 1.48 bits per heavy atom. The summed E-state index contributed by atoms with van der Waals surface area (Å²) >= 11 is 0. The van der Waals surface area contributed by atoms with E-state index in [4.69, 9.17) is 0 Å². The minimum absolute atomic E-state index is 0.00650. The van der Waals surface area contributed by atoms with Crippen molar-refractivity contribution < 1.29 is 9.59 Å². The van der Waals surface area contributed by atoms with Crippen LogP contribution in [0.1, 0.15) is 70.3 Å². The van der Waals surface area contributed by atoms with Crippen molar-refractivity contribution in [3.8, 4) is 0 Å². The normalized spacial score (nSPS) is 24.3. The Labute approximate surface area is 136 Å². The maximum absolute atomic E-state index is 12.1. The fourth-order valence-electron chi connectivity index (χ4n) is 2.82. The Kier molecular flexibility index (Phi) is 4.66. The number of aromatic nitrogens is 2. The van der Waals surface area contributed by atoms with E-state index in [1.54, 1.807) is 4.68 Å². The molecule has 0 aromatic carbocycles. The van der Waals surface area contributed by atoms with Crippen LogP contribution in [0.5, 0.6) is 0 Å². The summed E-state index contributed by atoms with van der Waals surface area (Å²) < 4.78 is 1.70. The first kappa shape index (κ1) is 16.0. The smallest absolute Gasteiger partial charge is 0.225 e. The van der Waals surface area contributed by atoms with Crippen molar-refractivity contribution in [1.82, 2.24) is 20.4 Å². The van der Waals surface area contributed by atoms with Gasteiger partial charge in [-0.2, -0.15) is 5.10 Å². The SMILES string of the molecule is CCCCC(=O)Nc1cc(C2CC2)nn1C1NC(=O)CC(C)N1. The molecule has 23 heavy (non-hydrogen) atoms. The van der Waals surface area contributed by atoms with Gasteiger partial charge in [-0.3, -0.25) is 14.9 Å². The summed E-state index contributed by atoms with van der Waals surface area (Å²) in [5.74, 6) is 1.12. The van der Waals surface area contributed by atoms with E-state index in [1.165, 1.54) is 0 Å². The van der Waals surface area contributed by atoms with Gasteiger partial charge in [-0.15, -0.1) is 0 Å². The van der Waals surface area contributed by atoms with Gasteiger partial charge >= 0.3 is 0 Å². The molecule has 0 radical (unpaired) electrons. The zero-order valence-electron chi connectivity index (χ0n) is 13.8. The third-order valence-corrected chi connectivity index (χ3v) is 4.25. The molecule has 0 spiro atoms. The van der Waals surface area contributed by atoms with Crippen molar-refractivity contribution in [3.63, 3.8) is 0 Å². The molecule has 2 aliphatic rings. The number of hydrogen-bond donors (Lipinski definition) is 3. The zero-order chi connectivity index (χ0) is 16.4. The number of rotatable bonds is 6. The molecule has 3 N–H and O–H groups in total. The van der Waals surface area contributed by atoms with Crippen LogP contribution in [0.25, 0.3) is 0 Å². The number of nitrogens with one attached hydrogen (secondary N) is 3. The minimum atomic E-state index is -0.416. The Hall–Kier alpha value is -1.89. The van der Waals surface area contributed by atoms with Crippen molar-refractivity contribution in [2.45, 2.75) is 70.6 Å². The summed E-state index contributed by atoms with van der Waals surface area (Å²) in [6, 6.07) is 2.01. The molecule has 2 heterocycles. The third kappa shape index (κ3) is 3.90. The van der Waals surface area contributed by atoms with Gasteiger partial charge in [-0.1, -0.05) is 13.3 Å². The van der Waals surface area contributed by atoms with Crippen LogP contribution in [0.4, 0.5) is 5.82 Å². The summed E-state index contributed by atoms with van der Waals surface area (Å²) in [7, 11) is 0. The van der Waals surface area contributed by atoms with E-state index in [0.717, 1.165) is 31.4 Å². The van der Waals surface area contributed by atoms with E-state index < -0.39 is 6.29 Å². The zero-order valence-corrected chi connectivity index (χ0v) is 13.8. The van der Waals surface area contributed by atoms with E-state index >= 15 is 0 Å². The van der Waals surface area contributed by atoms with E-state index in [1.807, 2.05) is 13.0 Å². The molecule has 126 valence electrons. The highest BCUT2D eigenvalue weighted by Gasteiger charge is 2.31. The van der Waals surface area contributed by atoms with Crippen LogP contribution >= 0.6 is 0 Å². The van der Waals surface area contributed by atoms with Crippen LogP contribution in [0.15, 0.2) is 6.07 Å². The van der Waals surface area contributed by atoms with Crippen molar-refractivity contribution in [2.24, 2.45) is 0 Å². The fraction of sp³-hybridized carbons (Fsp3) is 0.688. The molecule has 7 heteroatoms. The van der Waals surface area contributed by atoms with E-state index in [0.29, 0.717) is 24.6 Å². The second-order valence-corrected chi connectivity index (χ2v) is 6.57. The molecule has 2 unspecified atom stereocenters. The highest BCUT2D eigenvalue weighted by Crippen LogP contribution is 2.40. The van der Waals surface area contributed by atoms with Crippen LogP contribution in [-0.2, 0) is 9.59 Å². The number of anilines is 1. The molecule has 2 atom stereocenters. The lowest BCUT2D eigenvalue weighted by molar-refractivity contribution is -0.125. The van der Waals surface area contributed by atoms with E-state index in [9.17, 15) is 9.59 Å². The maximum Gasteiger partial charge on any atom is 0.225 e. The number of unbranched alkanes of at least 4 members (excludes halogenated alkanes) is 1. The van der Waals surface area contributed by atoms with Crippen LogP contribution in [0, 0.1) is 0 Å². The second kappa shape index (κ2) is 6.70. The van der Waals surface area contributed by atoms with Gasteiger partial charge in [0.05, 0.1) is 5.69 Å². The van der Waals surface area contributed by atoms with Gasteiger partial charge in [0.2, 0.25) is 11.8 Å². The third-order valence-electron chi connectivity index (χ3n) is 4.25. The van der Waals surface area contributed by atoms with Crippen LogP contribution < -0.4 is 16.0 Å². The van der Waals surface area contributed by atoms with Gasteiger partial charge < -0.3 is 10.6 Å². The number of nitrogens with zero attached hydrogens (tertiary/aromatic N) is 2. The summed E-state index contributed by atoms with van der Waals surface area (Å²) in [5.41, 5.74) is 0.991. The number of hydrogen-bond acceptors (Lipinski definition) is 4. The average Bonchev–Trinajstić information content (AvgIpc) is 3.26. The lowest BCUT2D eigenvalue weighted by Crippen LogP contribution is -2.52. The molecule has 7 nitrogen and oxygen atoms in total. The van der Waals surface area contributed by atoms with Gasteiger partial charge in [0.25, 0.3) is 0 Å². The number of carbonyl (C=O) groups excluding carboxylic acids is 2. The summed E-state index contributed by atoms with van der Waals surface area (Å²) in [4.78, 5) is 23.9. The highest BCUT2D eigenvalue weighted by atomic mass is 16.2. The van der Waals surface area contributed by atoms with Crippen molar-refractivity contribution in [1.29, 1.82) is 0 Å². The first-order valence-electron chi connectivity index (χ1n) is 8.51. The average molecular weight is 319 g/mol. The van der Waals surface area contributed by atoms with Crippen molar-refractivity contribution in [3.05, 3.63) is 11.8 Å². The topological polar surface area (TPSA) is 88.1 Å². The largest absolute Gasteiger partial charge is 0.322 e. The maximum atomic E-state index is 12.1. The van der Waals surface area contributed by atoms with E-state index in [2.05, 4.69) is 28.0 Å². The molecule has 1 aliphatic heterocycles. The molecule has 1 aromatic rings. The van der Waals surface area contributed by atoms with Gasteiger partial charge in [0.15, 0.2) is 6.29 Å². The number of amides is 2. The molecule has 2 fully saturated rings. The molecule has 1 saturated heterocycles. The van der Waals surface area contributed by atoms with Gasteiger partial charge in [0, 0.05) is 30.9 Å². The van der Waals surface area contributed by atoms with Crippen LogP contribution in [-0.4, -0.2) is 27.6 Å². The molecule has 0 bridgehead atoms. The van der Waals surface area contributed by atoms with Gasteiger partial charge in [-0.05, 0) is 26.2 Å². The van der Waals surface area contributed by atoms with Crippen LogP contribution in [0.2, 0.25) is 0 Å². The lowest BCUT2D eigenvalue weighted by Gasteiger charge is -2.30. The summed E-state index contributed by atoms with van der Waals surface area (Å²) in [6.45, 7) is 4.03. The number of carbonyl (C=O) groups is 2. The standard InChI is InChI=1S/C16H25N5O2/c1-3-4-5-14(22)18-13-9-12(11-6-7-11)20-21(13)16-17-10(2)8-15(23)19-16/h9-11,16-17H,3-8H2,1-2H3,(H,18,22)(H,19,23). The summed E-state index contributed by atoms with van der Waals surface area (Å²) in [6.07, 6.45) is 4.66. The predicted molar refractivity (Wildman–Crippen MR) is 86.8 cm³/mol. The molecule has 1 saturated carbocycles. The van der Waals surface area contributed by atoms with Crippen molar-refractivity contribution >= 4 is 17.6 Å². The van der Waals surface area contributed by atoms with Gasteiger partial charge in [0.1, 0.15) is 5.82 Å². The Morgan fingerprint density at radius 3 is 2.91 bits per heavy atom. The second-order valence-electron chi connectivity index (χ2n) is 6.57. The Morgan fingerprint density at radius 2 is 2.26 bits per heavy atom. The molecule has 2 amide bonds. The molecule has 1 aromatic heterocycles. The van der Waals surface area contributed by atoms with E-state index in [-0.39, 0.29) is 17.9 Å². The molecule has 1 aliphatic carbocycles. The van der Waals surface area contributed by atoms with Gasteiger partial charge in [-0.25, -0.2) is 4.68 Å². The molecular weight excluding hydrogens is 294 g/mol. The first-order valence-corrected chi connectivity index (χ1v) is 8.51. The Balaban J connectivity index is 1.79. The Bertz CT molecular complexity index is 593. The monoisotopic (exact) mass is 319 g/mol. The lowest BCUT2D eigenvalue weighted by atomic mass is 10.2. The predicted octanol–water partition coefficient (Wildman–Crippen LogP) is 1.84. The van der Waals surface area contributed by atoms with Crippen LogP contribution in [0.3, 0.4) is 0 Å². The fourth-order valence-corrected chi connectivity index (χ4v) is 2.82. The first-order chi connectivity index (χ1) is 11.1. The van der Waals surface area contributed by atoms with Crippen molar-refractivity contribution in [2.75, 3.05) is 5.32 Å². The molecular formula is C16H25N5O2.